The van der Waals surface area contributed by atoms with Crippen molar-refractivity contribution in [1.82, 2.24) is 15.5 Å². The number of halogens is 1. The summed E-state index contributed by atoms with van der Waals surface area (Å²) >= 11 is 1.85. The standard InChI is InChI=1S/C13H14FN3OS/c1-15-11-7-19-6-9(11)13-16-12(17-18-13)8-4-2-3-5-10(8)14/h2-5,9,11,15H,6-7H2,1H3. The molecule has 19 heavy (non-hydrogen) atoms. The molecule has 100 valence electrons. The molecule has 0 spiro atoms. The van der Waals surface area contributed by atoms with Gasteiger partial charge in [-0.15, -0.1) is 0 Å². The minimum absolute atomic E-state index is 0.197. The second-order valence-corrected chi connectivity index (χ2v) is 5.55. The minimum Gasteiger partial charge on any atom is -0.339 e. The summed E-state index contributed by atoms with van der Waals surface area (Å²) in [6, 6.07) is 6.79. The van der Waals surface area contributed by atoms with Crippen molar-refractivity contribution in [1.29, 1.82) is 0 Å². The molecule has 1 saturated heterocycles. The fourth-order valence-electron chi connectivity index (χ4n) is 2.22. The van der Waals surface area contributed by atoms with Crippen LogP contribution < -0.4 is 5.32 Å². The maximum Gasteiger partial charge on any atom is 0.232 e. The number of rotatable bonds is 3. The van der Waals surface area contributed by atoms with E-state index in [0.717, 1.165) is 11.5 Å². The van der Waals surface area contributed by atoms with Gasteiger partial charge in [-0.05, 0) is 19.2 Å². The van der Waals surface area contributed by atoms with Gasteiger partial charge >= 0.3 is 0 Å². The summed E-state index contributed by atoms with van der Waals surface area (Å²) < 4.78 is 19.0. The van der Waals surface area contributed by atoms with E-state index in [1.807, 2.05) is 18.8 Å². The highest BCUT2D eigenvalue weighted by molar-refractivity contribution is 7.99. The van der Waals surface area contributed by atoms with Gasteiger partial charge in [-0.25, -0.2) is 4.39 Å². The van der Waals surface area contributed by atoms with E-state index in [9.17, 15) is 4.39 Å². The second kappa shape index (κ2) is 5.30. The van der Waals surface area contributed by atoms with E-state index >= 15 is 0 Å². The Bertz CT molecular complexity index is 575. The van der Waals surface area contributed by atoms with Crippen LogP contribution in [0, 0.1) is 5.82 Å². The Hall–Kier alpha value is -1.40. The molecule has 0 aliphatic carbocycles. The average Bonchev–Trinajstić information content (AvgIpc) is 3.07. The van der Waals surface area contributed by atoms with Gasteiger partial charge < -0.3 is 9.84 Å². The van der Waals surface area contributed by atoms with E-state index < -0.39 is 0 Å². The van der Waals surface area contributed by atoms with Crippen molar-refractivity contribution in [2.45, 2.75) is 12.0 Å². The molecular formula is C13H14FN3OS. The predicted molar refractivity (Wildman–Crippen MR) is 72.6 cm³/mol. The molecule has 1 aliphatic rings. The fourth-order valence-corrected chi connectivity index (χ4v) is 3.64. The number of nitrogens with one attached hydrogen (secondary N) is 1. The summed E-state index contributed by atoms with van der Waals surface area (Å²) in [6.07, 6.45) is 0. The van der Waals surface area contributed by atoms with Gasteiger partial charge in [-0.2, -0.15) is 16.7 Å². The molecule has 1 aromatic carbocycles. The molecule has 1 N–H and O–H groups in total. The van der Waals surface area contributed by atoms with Crippen LogP contribution >= 0.6 is 11.8 Å². The Morgan fingerprint density at radius 3 is 3.00 bits per heavy atom. The molecule has 0 radical (unpaired) electrons. The van der Waals surface area contributed by atoms with E-state index in [4.69, 9.17) is 4.52 Å². The van der Waals surface area contributed by atoms with Gasteiger partial charge in [-0.1, -0.05) is 17.3 Å². The van der Waals surface area contributed by atoms with E-state index in [2.05, 4.69) is 15.5 Å². The van der Waals surface area contributed by atoms with Crippen molar-refractivity contribution >= 4 is 11.8 Å². The van der Waals surface area contributed by atoms with E-state index in [1.165, 1.54) is 6.07 Å². The van der Waals surface area contributed by atoms with Gasteiger partial charge in [0, 0.05) is 17.5 Å². The van der Waals surface area contributed by atoms with Crippen LogP contribution in [0.15, 0.2) is 28.8 Å². The van der Waals surface area contributed by atoms with Crippen molar-refractivity contribution < 1.29 is 8.91 Å². The summed E-state index contributed by atoms with van der Waals surface area (Å²) in [4.78, 5) is 4.35. The molecule has 0 bridgehead atoms. The Labute approximate surface area is 114 Å². The summed E-state index contributed by atoms with van der Waals surface area (Å²) in [5, 5.41) is 7.15. The Morgan fingerprint density at radius 1 is 1.37 bits per heavy atom. The van der Waals surface area contributed by atoms with Crippen molar-refractivity contribution in [2.75, 3.05) is 18.6 Å². The summed E-state index contributed by atoms with van der Waals surface area (Å²) in [6.45, 7) is 0. The third-order valence-corrected chi connectivity index (χ3v) is 4.51. The van der Waals surface area contributed by atoms with Crippen LogP contribution in [0.25, 0.3) is 11.4 Å². The molecule has 1 fully saturated rings. The summed E-state index contributed by atoms with van der Waals surface area (Å²) in [5.41, 5.74) is 0.379. The molecule has 1 aromatic heterocycles. The maximum absolute atomic E-state index is 13.7. The predicted octanol–water partition coefficient (Wildman–Crippen LogP) is 2.29. The first-order valence-corrected chi connectivity index (χ1v) is 7.28. The lowest BCUT2D eigenvalue weighted by Crippen LogP contribution is -2.31. The zero-order chi connectivity index (χ0) is 13.2. The zero-order valence-corrected chi connectivity index (χ0v) is 11.3. The van der Waals surface area contributed by atoms with Crippen molar-refractivity contribution in [3.8, 4) is 11.4 Å². The van der Waals surface area contributed by atoms with Gasteiger partial charge in [0.05, 0.1) is 11.5 Å². The lowest BCUT2D eigenvalue weighted by atomic mass is 10.0. The molecule has 2 heterocycles. The first-order valence-electron chi connectivity index (χ1n) is 6.13. The van der Waals surface area contributed by atoms with Crippen LogP contribution in [0.4, 0.5) is 4.39 Å². The first kappa shape index (κ1) is 12.6. The van der Waals surface area contributed by atoms with Crippen LogP contribution in [-0.2, 0) is 0 Å². The number of aromatic nitrogens is 2. The molecule has 6 heteroatoms. The fraction of sp³-hybridized carbons (Fsp3) is 0.385. The average molecular weight is 279 g/mol. The topological polar surface area (TPSA) is 51.0 Å². The molecular weight excluding hydrogens is 265 g/mol. The van der Waals surface area contributed by atoms with Crippen molar-refractivity contribution in [3.05, 3.63) is 36.0 Å². The molecule has 4 nitrogen and oxygen atoms in total. The van der Waals surface area contributed by atoms with Gasteiger partial charge in [-0.3, -0.25) is 0 Å². The summed E-state index contributed by atoms with van der Waals surface area (Å²) in [7, 11) is 1.93. The van der Waals surface area contributed by atoms with Crippen molar-refractivity contribution in [2.24, 2.45) is 0 Å². The lowest BCUT2D eigenvalue weighted by molar-refractivity contribution is 0.344. The van der Waals surface area contributed by atoms with Crippen LogP contribution in [0.3, 0.4) is 0 Å². The quantitative estimate of drug-likeness (QED) is 0.934. The normalized spacial score (nSPS) is 22.8. The number of benzene rings is 1. The highest BCUT2D eigenvalue weighted by Gasteiger charge is 2.32. The van der Waals surface area contributed by atoms with E-state index in [-0.39, 0.29) is 11.7 Å². The van der Waals surface area contributed by atoms with E-state index in [1.54, 1.807) is 18.2 Å². The Kier molecular flexibility index (Phi) is 3.52. The van der Waals surface area contributed by atoms with Gasteiger partial charge in [0.25, 0.3) is 0 Å². The zero-order valence-electron chi connectivity index (χ0n) is 10.5. The molecule has 2 unspecified atom stereocenters. The highest BCUT2D eigenvalue weighted by Crippen LogP contribution is 2.32. The van der Waals surface area contributed by atoms with E-state index in [0.29, 0.717) is 23.3 Å². The monoisotopic (exact) mass is 279 g/mol. The third kappa shape index (κ3) is 2.37. The highest BCUT2D eigenvalue weighted by atomic mass is 32.2. The number of hydrogen-bond acceptors (Lipinski definition) is 5. The van der Waals surface area contributed by atoms with Gasteiger partial charge in [0.15, 0.2) is 0 Å². The third-order valence-electron chi connectivity index (χ3n) is 3.33. The minimum atomic E-state index is -0.333. The molecule has 2 atom stereocenters. The Morgan fingerprint density at radius 2 is 2.21 bits per heavy atom. The van der Waals surface area contributed by atoms with Gasteiger partial charge in [0.2, 0.25) is 11.7 Å². The smallest absolute Gasteiger partial charge is 0.232 e. The second-order valence-electron chi connectivity index (χ2n) is 4.48. The number of hydrogen-bond donors (Lipinski definition) is 1. The van der Waals surface area contributed by atoms with Gasteiger partial charge in [0.1, 0.15) is 5.82 Å². The number of nitrogens with zero attached hydrogens (tertiary/aromatic N) is 2. The van der Waals surface area contributed by atoms with Crippen LogP contribution in [0.5, 0.6) is 0 Å². The number of likely N-dealkylation sites (N-methyl/N-ethyl adjacent to an activating group) is 1. The number of thioether (sulfide) groups is 1. The maximum atomic E-state index is 13.7. The Balaban J connectivity index is 1.90. The van der Waals surface area contributed by atoms with Crippen LogP contribution in [0.2, 0.25) is 0 Å². The van der Waals surface area contributed by atoms with Crippen LogP contribution in [0.1, 0.15) is 11.8 Å². The first-order chi connectivity index (χ1) is 9.29. The SMILES string of the molecule is CNC1CSCC1c1nc(-c2ccccc2F)no1. The molecule has 2 aromatic rings. The lowest BCUT2D eigenvalue weighted by Gasteiger charge is -2.13. The summed E-state index contributed by atoms with van der Waals surface area (Å²) in [5.74, 6) is 2.74. The molecule has 3 rings (SSSR count). The van der Waals surface area contributed by atoms with Crippen molar-refractivity contribution in [3.63, 3.8) is 0 Å². The largest absolute Gasteiger partial charge is 0.339 e. The molecule has 1 aliphatic heterocycles. The molecule has 0 amide bonds. The van der Waals surface area contributed by atoms with Crippen LogP contribution in [-0.4, -0.2) is 34.7 Å². The molecule has 0 saturated carbocycles.